The molecule has 0 heterocycles. The number of carbonyl (C=O) groups excluding carboxylic acids is 1. The number of ether oxygens (including phenoxy) is 1. The molecule has 30 heavy (non-hydrogen) atoms. The summed E-state index contributed by atoms with van der Waals surface area (Å²) in [5.74, 6) is -0.0516. The first-order chi connectivity index (χ1) is 14.4. The molecule has 0 bridgehead atoms. The number of nitrogens with one attached hydrogen (secondary N) is 1. The standard InChI is InChI=1S/C23H15BrCl2N2O2/c24-18-6-4-15(5-7-18)14-30-22-9-8-20(26)11-16(22)10-17(13-27)23(29)28-21-3-1-2-19(25)12-21/h1-12H,14H2,(H,28,29)/b17-10+. The minimum Gasteiger partial charge on any atom is -0.488 e. The van der Waals surface area contributed by atoms with Gasteiger partial charge in [0.2, 0.25) is 0 Å². The Labute approximate surface area is 192 Å². The van der Waals surface area contributed by atoms with Crippen LogP contribution in [-0.2, 0) is 11.4 Å². The summed E-state index contributed by atoms with van der Waals surface area (Å²) in [6.45, 7) is 0.326. The van der Waals surface area contributed by atoms with Crippen molar-refractivity contribution in [2.45, 2.75) is 6.61 Å². The minimum atomic E-state index is -0.557. The van der Waals surface area contributed by atoms with Gasteiger partial charge < -0.3 is 10.1 Å². The van der Waals surface area contributed by atoms with Gasteiger partial charge in [-0.25, -0.2) is 0 Å². The summed E-state index contributed by atoms with van der Waals surface area (Å²) in [7, 11) is 0. The maximum absolute atomic E-state index is 12.5. The maximum Gasteiger partial charge on any atom is 0.266 e. The fourth-order valence-electron chi connectivity index (χ4n) is 2.57. The molecule has 0 aliphatic rings. The number of rotatable bonds is 6. The summed E-state index contributed by atoms with van der Waals surface area (Å²) < 4.78 is 6.88. The lowest BCUT2D eigenvalue weighted by Crippen LogP contribution is -2.13. The zero-order chi connectivity index (χ0) is 21.5. The molecule has 3 rings (SSSR count). The van der Waals surface area contributed by atoms with Crippen LogP contribution in [0.4, 0.5) is 5.69 Å². The Morgan fingerprint density at radius 1 is 1.07 bits per heavy atom. The Hall–Kier alpha value is -2.78. The molecular formula is C23H15BrCl2N2O2. The van der Waals surface area contributed by atoms with Crippen molar-refractivity contribution in [3.8, 4) is 11.8 Å². The molecular weight excluding hydrogens is 487 g/mol. The molecule has 0 unspecified atom stereocenters. The lowest BCUT2D eigenvalue weighted by atomic mass is 10.1. The van der Waals surface area contributed by atoms with Crippen molar-refractivity contribution >= 4 is 56.8 Å². The van der Waals surface area contributed by atoms with Crippen molar-refractivity contribution in [1.82, 2.24) is 0 Å². The van der Waals surface area contributed by atoms with Crippen molar-refractivity contribution < 1.29 is 9.53 Å². The normalized spacial score (nSPS) is 10.9. The van der Waals surface area contributed by atoms with E-state index in [9.17, 15) is 10.1 Å². The van der Waals surface area contributed by atoms with E-state index in [2.05, 4.69) is 21.2 Å². The number of hydrogen-bond acceptors (Lipinski definition) is 3. The molecule has 0 saturated carbocycles. The molecule has 4 nitrogen and oxygen atoms in total. The highest BCUT2D eigenvalue weighted by atomic mass is 79.9. The largest absolute Gasteiger partial charge is 0.488 e. The molecule has 7 heteroatoms. The summed E-state index contributed by atoms with van der Waals surface area (Å²) in [5.41, 5.74) is 1.90. The lowest BCUT2D eigenvalue weighted by Gasteiger charge is -2.11. The number of nitrogens with zero attached hydrogens (tertiary/aromatic N) is 1. The van der Waals surface area contributed by atoms with Gasteiger partial charge in [0.25, 0.3) is 5.91 Å². The molecule has 0 radical (unpaired) electrons. The van der Waals surface area contributed by atoms with Gasteiger partial charge in [-0.3, -0.25) is 4.79 Å². The van der Waals surface area contributed by atoms with Crippen molar-refractivity contribution in [3.63, 3.8) is 0 Å². The zero-order valence-electron chi connectivity index (χ0n) is 15.5. The molecule has 0 aliphatic heterocycles. The van der Waals surface area contributed by atoms with Gasteiger partial charge in [-0.05, 0) is 60.2 Å². The molecule has 0 fully saturated rings. The van der Waals surface area contributed by atoms with Crippen molar-refractivity contribution in [2.75, 3.05) is 5.32 Å². The number of halogens is 3. The second kappa shape index (κ2) is 10.3. The quantitative estimate of drug-likeness (QED) is 0.295. The highest BCUT2D eigenvalue weighted by Crippen LogP contribution is 2.27. The van der Waals surface area contributed by atoms with Crippen LogP contribution in [0.15, 0.2) is 76.8 Å². The van der Waals surface area contributed by atoms with E-state index >= 15 is 0 Å². The smallest absolute Gasteiger partial charge is 0.266 e. The first kappa shape index (κ1) is 21.9. The minimum absolute atomic E-state index is 0.0919. The lowest BCUT2D eigenvalue weighted by molar-refractivity contribution is -0.112. The fraction of sp³-hybridized carbons (Fsp3) is 0.0435. The molecule has 0 aromatic heterocycles. The number of hydrogen-bond donors (Lipinski definition) is 1. The van der Waals surface area contributed by atoms with Gasteiger partial charge in [0.05, 0.1) is 0 Å². The van der Waals surface area contributed by atoms with E-state index in [0.29, 0.717) is 33.7 Å². The van der Waals surface area contributed by atoms with Crippen molar-refractivity contribution in [3.05, 3.63) is 97.9 Å². The highest BCUT2D eigenvalue weighted by molar-refractivity contribution is 9.10. The summed E-state index contributed by atoms with van der Waals surface area (Å²) in [4.78, 5) is 12.5. The predicted octanol–water partition coefficient (Wildman–Crippen LogP) is 6.88. The van der Waals surface area contributed by atoms with Crippen LogP contribution >= 0.6 is 39.1 Å². The van der Waals surface area contributed by atoms with Gasteiger partial charge in [-0.15, -0.1) is 0 Å². The van der Waals surface area contributed by atoms with Gasteiger partial charge in [0.1, 0.15) is 24.0 Å². The highest BCUT2D eigenvalue weighted by Gasteiger charge is 2.12. The van der Waals surface area contributed by atoms with Crippen LogP contribution in [0.1, 0.15) is 11.1 Å². The summed E-state index contributed by atoms with van der Waals surface area (Å²) in [6, 6.07) is 21.4. The second-order valence-electron chi connectivity index (χ2n) is 6.23. The molecule has 0 spiro atoms. The molecule has 3 aromatic carbocycles. The first-order valence-electron chi connectivity index (χ1n) is 8.80. The molecule has 0 aliphatic carbocycles. The van der Waals surface area contributed by atoms with Gasteiger partial charge in [0.15, 0.2) is 0 Å². The number of benzene rings is 3. The monoisotopic (exact) mass is 500 g/mol. The maximum atomic E-state index is 12.5. The molecule has 3 aromatic rings. The third-order valence-electron chi connectivity index (χ3n) is 4.03. The van der Waals surface area contributed by atoms with E-state index in [-0.39, 0.29) is 5.57 Å². The van der Waals surface area contributed by atoms with E-state index < -0.39 is 5.91 Å². The van der Waals surface area contributed by atoms with E-state index in [1.165, 1.54) is 6.08 Å². The van der Waals surface area contributed by atoms with Crippen molar-refractivity contribution in [2.24, 2.45) is 0 Å². The summed E-state index contributed by atoms with van der Waals surface area (Å²) >= 11 is 15.5. The number of carbonyl (C=O) groups is 1. The average Bonchev–Trinajstić information content (AvgIpc) is 2.72. The summed E-state index contributed by atoms with van der Waals surface area (Å²) in [6.07, 6.45) is 1.45. The molecule has 0 atom stereocenters. The number of amides is 1. The molecule has 1 amide bonds. The van der Waals surface area contributed by atoms with E-state index in [1.807, 2.05) is 30.3 Å². The Morgan fingerprint density at radius 3 is 2.50 bits per heavy atom. The van der Waals surface area contributed by atoms with Crippen LogP contribution < -0.4 is 10.1 Å². The Bertz CT molecular complexity index is 1140. The van der Waals surface area contributed by atoms with Gasteiger partial charge in [0, 0.05) is 25.8 Å². The predicted molar refractivity (Wildman–Crippen MR) is 124 cm³/mol. The van der Waals surface area contributed by atoms with Crippen molar-refractivity contribution in [1.29, 1.82) is 5.26 Å². The van der Waals surface area contributed by atoms with Crippen LogP contribution in [0.2, 0.25) is 10.0 Å². The third kappa shape index (κ3) is 6.11. The number of nitriles is 1. The van der Waals surface area contributed by atoms with Gasteiger partial charge >= 0.3 is 0 Å². The van der Waals surface area contributed by atoms with Gasteiger partial charge in [-0.1, -0.05) is 57.3 Å². The van der Waals surface area contributed by atoms with E-state index in [1.54, 1.807) is 42.5 Å². The number of anilines is 1. The molecule has 0 saturated heterocycles. The SMILES string of the molecule is N#C/C(=C\c1cc(Cl)ccc1OCc1ccc(Br)cc1)C(=O)Nc1cccc(Cl)c1. The Balaban J connectivity index is 1.82. The van der Waals surface area contributed by atoms with Crippen LogP contribution in [0.3, 0.4) is 0 Å². The van der Waals surface area contributed by atoms with Crippen LogP contribution in [-0.4, -0.2) is 5.91 Å². The third-order valence-corrected chi connectivity index (χ3v) is 5.03. The van der Waals surface area contributed by atoms with Crippen LogP contribution in [0, 0.1) is 11.3 Å². The second-order valence-corrected chi connectivity index (χ2v) is 8.02. The molecule has 1 N–H and O–H groups in total. The van der Waals surface area contributed by atoms with E-state index in [4.69, 9.17) is 27.9 Å². The topological polar surface area (TPSA) is 62.1 Å². The average molecular weight is 502 g/mol. The van der Waals surface area contributed by atoms with Crippen LogP contribution in [0.5, 0.6) is 5.75 Å². The zero-order valence-corrected chi connectivity index (χ0v) is 18.6. The summed E-state index contributed by atoms with van der Waals surface area (Å²) in [5, 5.41) is 13.1. The van der Waals surface area contributed by atoms with Crippen LogP contribution in [0.25, 0.3) is 6.08 Å². The Morgan fingerprint density at radius 2 is 1.80 bits per heavy atom. The fourth-order valence-corrected chi connectivity index (χ4v) is 3.21. The van der Waals surface area contributed by atoms with Gasteiger partial charge in [-0.2, -0.15) is 5.26 Å². The molecule has 150 valence electrons. The van der Waals surface area contributed by atoms with E-state index in [0.717, 1.165) is 10.0 Å². The first-order valence-corrected chi connectivity index (χ1v) is 10.3. The Kier molecular flexibility index (Phi) is 7.53.